The van der Waals surface area contributed by atoms with Gasteiger partial charge in [0.05, 0.1) is 26.8 Å². The maximum atomic E-state index is 5.08. The molecule has 0 aliphatic heterocycles. The molecule has 0 aliphatic rings. The Morgan fingerprint density at radius 2 is 1.11 bits per heavy atom. The van der Waals surface area contributed by atoms with Gasteiger partial charge in [-0.3, -0.25) is 0 Å². The molecular formula is C33H20N2S. The molecule has 0 aliphatic carbocycles. The first-order valence-electron chi connectivity index (χ1n) is 12.2. The summed E-state index contributed by atoms with van der Waals surface area (Å²) in [5.41, 5.74) is 8.24. The minimum absolute atomic E-state index is 1.04. The van der Waals surface area contributed by atoms with E-state index in [1.54, 1.807) is 0 Å². The van der Waals surface area contributed by atoms with Crippen LogP contribution in [-0.4, -0.2) is 9.55 Å². The molecule has 0 saturated heterocycles. The summed E-state index contributed by atoms with van der Waals surface area (Å²) in [6, 6.07) is 43.5. The van der Waals surface area contributed by atoms with E-state index in [2.05, 4.69) is 126 Å². The van der Waals surface area contributed by atoms with E-state index in [1.165, 1.54) is 58.8 Å². The molecule has 0 unspecified atom stereocenters. The van der Waals surface area contributed by atoms with E-state index in [1.807, 2.05) is 11.3 Å². The predicted molar refractivity (Wildman–Crippen MR) is 154 cm³/mol. The molecule has 0 atom stereocenters. The Balaban J connectivity index is 1.39. The fourth-order valence-corrected chi connectivity index (χ4v) is 6.83. The van der Waals surface area contributed by atoms with Crippen LogP contribution in [0.25, 0.3) is 69.8 Å². The highest BCUT2D eigenvalue weighted by molar-refractivity contribution is 7.26. The van der Waals surface area contributed by atoms with Gasteiger partial charge in [0, 0.05) is 37.5 Å². The van der Waals surface area contributed by atoms with Crippen LogP contribution in [0, 0.1) is 0 Å². The summed E-state index contributed by atoms with van der Waals surface area (Å²) in [5.74, 6) is 0. The molecule has 8 rings (SSSR count). The minimum atomic E-state index is 1.04. The molecule has 0 saturated carbocycles. The van der Waals surface area contributed by atoms with E-state index in [0.29, 0.717) is 0 Å². The number of benzene rings is 5. The molecule has 0 amide bonds. The zero-order valence-electron chi connectivity index (χ0n) is 19.3. The highest BCUT2D eigenvalue weighted by Crippen LogP contribution is 2.43. The maximum absolute atomic E-state index is 5.08. The highest BCUT2D eigenvalue weighted by atomic mass is 32.1. The smallest absolute Gasteiger partial charge is 0.0902 e. The van der Waals surface area contributed by atoms with Gasteiger partial charge in [0.25, 0.3) is 0 Å². The molecule has 3 heteroatoms. The number of fused-ring (bicyclic) bond motifs is 7. The molecule has 8 aromatic rings. The molecule has 168 valence electrons. The van der Waals surface area contributed by atoms with Crippen molar-refractivity contribution in [3.63, 3.8) is 0 Å². The van der Waals surface area contributed by atoms with Gasteiger partial charge in [-0.2, -0.15) is 0 Å². The lowest BCUT2D eigenvalue weighted by molar-refractivity contribution is 1.18. The monoisotopic (exact) mass is 476 g/mol. The normalized spacial score (nSPS) is 11.9. The molecule has 0 radical (unpaired) electrons. The Morgan fingerprint density at radius 1 is 0.528 bits per heavy atom. The second-order valence-electron chi connectivity index (χ2n) is 9.20. The average molecular weight is 477 g/mol. The predicted octanol–water partition coefficient (Wildman–Crippen LogP) is 9.37. The van der Waals surface area contributed by atoms with Gasteiger partial charge in [-0.1, -0.05) is 84.9 Å². The van der Waals surface area contributed by atoms with Crippen molar-refractivity contribution in [1.82, 2.24) is 9.55 Å². The first-order valence-corrected chi connectivity index (χ1v) is 13.0. The number of aromatic nitrogens is 2. The standard InChI is InChI=1S/C33H20N2S/c1-5-13-27-25(11-1)31(33-32(34-27)26-12-4-8-16-30(26)36-33)21-17-19-22(20-18-21)35-28-14-6-2-9-23(28)24-10-3-7-15-29(24)35/h1-20H. The zero-order valence-corrected chi connectivity index (χ0v) is 20.2. The van der Waals surface area contributed by atoms with E-state index >= 15 is 0 Å². The molecule has 0 fully saturated rings. The third-order valence-corrected chi connectivity index (χ3v) is 8.37. The fraction of sp³-hybridized carbons (Fsp3) is 0. The Hall–Kier alpha value is -4.47. The lowest BCUT2D eigenvalue weighted by Gasteiger charge is -2.12. The Morgan fingerprint density at radius 3 is 1.83 bits per heavy atom. The van der Waals surface area contributed by atoms with Crippen molar-refractivity contribution in [3.8, 4) is 16.8 Å². The second-order valence-corrected chi connectivity index (χ2v) is 10.2. The van der Waals surface area contributed by atoms with Crippen molar-refractivity contribution in [1.29, 1.82) is 0 Å². The van der Waals surface area contributed by atoms with Crippen molar-refractivity contribution in [2.45, 2.75) is 0 Å². The molecule has 0 N–H and O–H groups in total. The van der Waals surface area contributed by atoms with Gasteiger partial charge < -0.3 is 4.57 Å². The van der Waals surface area contributed by atoms with Crippen LogP contribution in [0.1, 0.15) is 0 Å². The summed E-state index contributed by atoms with van der Waals surface area (Å²) in [6.07, 6.45) is 0. The quantitative estimate of drug-likeness (QED) is 0.243. The number of hydrogen-bond acceptors (Lipinski definition) is 2. The highest BCUT2D eigenvalue weighted by Gasteiger charge is 2.17. The Labute approximate surface area is 211 Å². The topological polar surface area (TPSA) is 17.8 Å². The second kappa shape index (κ2) is 7.51. The lowest BCUT2D eigenvalue weighted by Crippen LogP contribution is -1.94. The minimum Gasteiger partial charge on any atom is -0.309 e. The van der Waals surface area contributed by atoms with Crippen LogP contribution in [0.3, 0.4) is 0 Å². The number of rotatable bonds is 2. The molecule has 3 aromatic heterocycles. The van der Waals surface area contributed by atoms with Gasteiger partial charge in [0.1, 0.15) is 0 Å². The van der Waals surface area contributed by atoms with Gasteiger partial charge >= 0.3 is 0 Å². The number of pyridine rings is 1. The van der Waals surface area contributed by atoms with Gasteiger partial charge in [0.15, 0.2) is 0 Å². The summed E-state index contributed by atoms with van der Waals surface area (Å²) in [7, 11) is 0. The van der Waals surface area contributed by atoms with Crippen LogP contribution in [0.4, 0.5) is 0 Å². The van der Waals surface area contributed by atoms with Crippen molar-refractivity contribution in [3.05, 3.63) is 121 Å². The van der Waals surface area contributed by atoms with E-state index in [0.717, 1.165) is 11.0 Å². The van der Waals surface area contributed by atoms with Crippen LogP contribution >= 0.6 is 11.3 Å². The molecule has 36 heavy (non-hydrogen) atoms. The average Bonchev–Trinajstić information content (AvgIpc) is 3.48. The number of nitrogens with zero attached hydrogens (tertiary/aromatic N) is 2. The molecule has 5 aromatic carbocycles. The van der Waals surface area contributed by atoms with Gasteiger partial charge in [-0.15, -0.1) is 11.3 Å². The van der Waals surface area contributed by atoms with Crippen LogP contribution in [0.5, 0.6) is 0 Å². The summed E-state index contributed by atoms with van der Waals surface area (Å²) in [6.45, 7) is 0. The van der Waals surface area contributed by atoms with Crippen LogP contribution in [-0.2, 0) is 0 Å². The molecule has 0 bridgehead atoms. The zero-order chi connectivity index (χ0) is 23.6. The summed E-state index contributed by atoms with van der Waals surface area (Å²) in [5, 5.41) is 4.99. The van der Waals surface area contributed by atoms with Crippen LogP contribution in [0.15, 0.2) is 121 Å². The Kier molecular flexibility index (Phi) is 4.13. The van der Waals surface area contributed by atoms with Crippen molar-refractivity contribution in [2.24, 2.45) is 0 Å². The largest absolute Gasteiger partial charge is 0.309 e. The lowest BCUT2D eigenvalue weighted by atomic mass is 9.99. The van der Waals surface area contributed by atoms with E-state index in [9.17, 15) is 0 Å². The Bertz CT molecular complexity index is 2040. The van der Waals surface area contributed by atoms with E-state index < -0.39 is 0 Å². The fourth-order valence-electron chi connectivity index (χ4n) is 5.60. The van der Waals surface area contributed by atoms with Crippen molar-refractivity contribution in [2.75, 3.05) is 0 Å². The molecule has 2 nitrogen and oxygen atoms in total. The first-order chi connectivity index (χ1) is 17.9. The number of thiophene rings is 1. The molecule has 3 heterocycles. The molecular weight excluding hydrogens is 456 g/mol. The van der Waals surface area contributed by atoms with Gasteiger partial charge in [0.2, 0.25) is 0 Å². The third kappa shape index (κ3) is 2.75. The van der Waals surface area contributed by atoms with Gasteiger partial charge in [-0.05, 0) is 42.0 Å². The van der Waals surface area contributed by atoms with Crippen LogP contribution in [0.2, 0.25) is 0 Å². The van der Waals surface area contributed by atoms with E-state index in [4.69, 9.17) is 4.98 Å². The number of para-hydroxylation sites is 3. The van der Waals surface area contributed by atoms with Crippen molar-refractivity contribution < 1.29 is 0 Å². The van der Waals surface area contributed by atoms with Crippen molar-refractivity contribution >= 4 is 64.3 Å². The summed E-state index contributed by atoms with van der Waals surface area (Å²) < 4.78 is 4.90. The first kappa shape index (κ1) is 19.8. The van der Waals surface area contributed by atoms with Gasteiger partial charge in [-0.25, -0.2) is 4.98 Å². The maximum Gasteiger partial charge on any atom is 0.0902 e. The SMILES string of the molecule is c1ccc2c(-c3ccc(-n4c5ccccc5c5ccccc54)cc3)c3sc4ccccc4c3nc2c1. The van der Waals surface area contributed by atoms with E-state index in [-0.39, 0.29) is 0 Å². The molecule has 0 spiro atoms. The number of hydrogen-bond donors (Lipinski definition) is 0. The summed E-state index contributed by atoms with van der Waals surface area (Å²) in [4.78, 5) is 5.08. The third-order valence-electron chi connectivity index (χ3n) is 7.20. The van der Waals surface area contributed by atoms with Crippen LogP contribution < -0.4 is 0 Å². The summed E-state index contributed by atoms with van der Waals surface area (Å²) >= 11 is 1.84.